The average Bonchev–Trinajstić information content (AvgIpc) is 2.87. The Balaban J connectivity index is 1.87. The minimum Gasteiger partial charge on any atom is -0.467 e. The van der Waals surface area contributed by atoms with E-state index in [1.165, 1.54) is 59.0 Å². The van der Waals surface area contributed by atoms with Crippen molar-refractivity contribution in [3.05, 3.63) is 40.3 Å². The van der Waals surface area contributed by atoms with Crippen LogP contribution in [0.4, 0.5) is 0 Å². The number of amides is 1. The quantitative estimate of drug-likeness (QED) is 0.491. The van der Waals surface area contributed by atoms with Crippen molar-refractivity contribution in [3.8, 4) is 0 Å². The lowest BCUT2D eigenvalue weighted by Gasteiger charge is -2.38. The first kappa shape index (κ1) is 27.8. The lowest BCUT2D eigenvalue weighted by molar-refractivity contribution is -0.142. The van der Waals surface area contributed by atoms with Gasteiger partial charge in [0.15, 0.2) is 5.69 Å². The third-order valence-electron chi connectivity index (χ3n) is 7.50. The highest BCUT2D eigenvalue weighted by Gasteiger charge is 2.26. The van der Waals surface area contributed by atoms with Crippen molar-refractivity contribution >= 4 is 22.9 Å². The number of fused-ring (bicyclic) bond motifs is 1. The zero-order valence-corrected chi connectivity index (χ0v) is 22.3. The third-order valence-corrected chi connectivity index (χ3v) is 7.50. The van der Waals surface area contributed by atoms with Crippen LogP contribution in [0.5, 0.6) is 0 Å². The Kier molecular flexibility index (Phi) is 10.5. The molecule has 198 valence electrons. The smallest absolute Gasteiger partial charge is 0.328 e. The molecule has 1 heterocycles. The second-order valence-electron chi connectivity index (χ2n) is 9.80. The summed E-state index contributed by atoms with van der Waals surface area (Å²) in [6, 6.07) is 7.46. The Labute approximate surface area is 214 Å². The van der Waals surface area contributed by atoms with Gasteiger partial charge in [-0.05, 0) is 51.3 Å². The van der Waals surface area contributed by atoms with Gasteiger partial charge in [0, 0.05) is 18.6 Å². The van der Waals surface area contributed by atoms with E-state index in [1.807, 2.05) is 18.2 Å². The molecule has 0 bridgehead atoms. The van der Waals surface area contributed by atoms with Gasteiger partial charge in [0.1, 0.15) is 6.04 Å². The molecular formula is C28H42N4O4. The molecule has 3 rings (SSSR count). The van der Waals surface area contributed by atoms with E-state index in [-0.39, 0.29) is 5.69 Å². The van der Waals surface area contributed by atoms with Crippen LogP contribution in [-0.4, -0.2) is 58.1 Å². The molecule has 1 aromatic heterocycles. The monoisotopic (exact) mass is 498 g/mol. The van der Waals surface area contributed by atoms with Gasteiger partial charge in [-0.2, -0.15) is 0 Å². The molecule has 0 spiro atoms. The number of hydrogen-bond acceptors (Lipinski definition) is 6. The average molecular weight is 499 g/mol. The number of carbonyl (C=O) groups is 2. The van der Waals surface area contributed by atoms with E-state index in [1.54, 1.807) is 10.6 Å². The van der Waals surface area contributed by atoms with E-state index in [4.69, 9.17) is 0 Å². The van der Waals surface area contributed by atoms with Crippen LogP contribution < -0.4 is 10.9 Å². The molecule has 1 fully saturated rings. The first-order valence-electron chi connectivity index (χ1n) is 13.5. The number of para-hydroxylation sites is 2. The highest BCUT2D eigenvalue weighted by molar-refractivity contribution is 5.96. The third kappa shape index (κ3) is 6.72. The summed E-state index contributed by atoms with van der Waals surface area (Å²) in [5.74, 6) is -1.25. The van der Waals surface area contributed by atoms with E-state index < -0.39 is 23.5 Å². The molecule has 8 nitrogen and oxygen atoms in total. The Bertz CT molecular complexity index is 1070. The number of esters is 1. The van der Waals surface area contributed by atoms with Gasteiger partial charge in [0.25, 0.3) is 11.5 Å². The predicted octanol–water partition coefficient (Wildman–Crippen LogP) is 4.29. The van der Waals surface area contributed by atoms with Crippen molar-refractivity contribution in [2.45, 2.75) is 103 Å². The van der Waals surface area contributed by atoms with E-state index in [0.717, 1.165) is 19.4 Å². The molecule has 1 aliphatic carbocycles. The van der Waals surface area contributed by atoms with Gasteiger partial charge < -0.3 is 14.6 Å². The molecule has 36 heavy (non-hydrogen) atoms. The molecule has 1 N–H and O–H groups in total. The molecule has 8 heteroatoms. The van der Waals surface area contributed by atoms with Gasteiger partial charge in [-0.15, -0.1) is 0 Å². The van der Waals surface area contributed by atoms with E-state index in [0.29, 0.717) is 29.7 Å². The van der Waals surface area contributed by atoms with Crippen LogP contribution in [0.3, 0.4) is 0 Å². The molecule has 1 aliphatic rings. The predicted molar refractivity (Wildman–Crippen MR) is 142 cm³/mol. The summed E-state index contributed by atoms with van der Waals surface area (Å²) >= 11 is 0. The number of ether oxygens (including phenoxy) is 1. The first-order chi connectivity index (χ1) is 17.4. The van der Waals surface area contributed by atoms with Crippen molar-refractivity contribution in [3.63, 3.8) is 0 Å². The van der Waals surface area contributed by atoms with Crippen molar-refractivity contribution in [2.24, 2.45) is 0 Å². The summed E-state index contributed by atoms with van der Waals surface area (Å²) in [5.41, 5.74) is 0.647. The number of nitrogens with one attached hydrogen (secondary N) is 1. The summed E-state index contributed by atoms with van der Waals surface area (Å²) in [4.78, 5) is 45.2. The highest BCUT2D eigenvalue weighted by atomic mass is 16.5. The Morgan fingerprint density at radius 3 is 2.44 bits per heavy atom. The Hall–Kier alpha value is -2.74. The standard InChI is InChI=1S/C28H42N4O4/c1-5-21(31(6-2)22-14-10-8-7-9-11-15-22)18-19-32-24-17-13-12-16-23(24)30-25(27(32)34)26(33)29-20(3)28(35)36-4/h12-13,16-17,20-22H,5-11,14-15,18-19H2,1-4H3,(H,29,33)/t20?,21-/m0/s1. The van der Waals surface area contributed by atoms with Gasteiger partial charge in [-0.3, -0.25) is 14.5 Å². The number of aromatic nitrogens is 2. The lowest BCUT2D eigenvalue weighted by atomic mass is 9.93. The van der Waals surface area contributed by atoms with Crippen LogP contribution in [0.15, 0.2) is 29.1 Å². The maximum absolute atomic E-state index is 13.5. The molecule has 2 aromatic rings. The molecule has 1 unspecified atom stereocenters. The molecule has 0 aliphatic heterocycles. The number of rotatable bonds is 10. The number of aryl methyl sites for hydroxylation is 1. The molecule has 0 saturated heterocycles. The maximum Gasteiger partial charge on any atom is 0.328 e. The minimum atomic E-state index is -0.880. The van der Waals surface area contributed by atoms with Gasteiger partial charge in [-0.1, -0.05) is 58.1 Å². The maximum atomic E-state index is 13.5. The SMILES string of the molecule is CC[C@@H](CCn1c(=O)c(C(=O)NC(C)C(=O)OC)nc2ccccc21)N(CC)C1CCCCCCC1. The number of benzene rings is 1. The van der Waals surface area contributed by atoms with Crippen LogP contribution in [0, 0.1) is 0 Å². The first-order valence-corrected chi connectivity index (χ1v) is 13.5. The van der Waals surface area contributed by atoms with Gasteiger partial charge in [0.05, 0.1) is 18.1 Å². The van der Waals surface area contributed by atoms with Crippen LogP contribution in [0.25, 0.3) is 11.0 Å². The zero-order valence-electron chi connectivity index (χ0n) is 22.3. The fourth-order valence-electron chi connectivity index (χ4n) is 5.53. The highest BCUT2D eigenvalue weighted by Crippen LogP contribution is 2.25. The van der Waals surface area contributed by atoms with E-state index in [9.17, 15) is 14.4 Å². The molecule has 0 radical (unpaired) electrons. The zero-order chi connectivity index (χ0) is 26.1. The number of carbonyl (C=O) groups excluding carboxylic acids is 2. The molecule has 2 atom stereocenters. The summed E-state index contributed by atoms with van der Waals surface area (Å²) in [5, 5.41) is 2.54. The normalized spacial score (nSPS) is 16.8. The van der Waals surface area contributed by atoms with Crippen LogP contribution in [0.2, 0.25) is 0 Å². The second-order valence-corrected chi connectivity index (χ2v) is 9.80. The molecular weight excluding hydrogens is 456 g/mol. The summed E-state index contributed by atoms with van der Waals surface area (Å²) in [6.45, 7) is 7.46. The molecule has 1 aromatic carbocycles. The lowest BCUT2D eigenvalue weighted by Crippen LogP contribution is -2.45. The van der Waals surface area contributed by atoms with Gasteiger partial charge >= 0.3 is 5.97 Å². The second kappa shape index (κ2) is 13.5. The Morgan fingerprint density at radius 2 is 1.81 bits per heavy atom. The van der Waals surface area contributed by atoms with Crippen molar-refractivity contribution < 1.29 is 14.3 Å². The van der Waals surface area contributed by atoms with Crippen LogP contribution in [-0.2, 0) is 16.1 Å². The van der Waals surface area contributed by atoms with Crippen molar-refractivity contribution in [1.29, 1.82) is 0 Å². The van der Waals surface area contributed by atoms with Gasteiger partial charge in [0.2, 0.25) is 0 Å². The van der Waals surface area contributed by atoms with E-state index in [2.05, 4.69) is 33.8 Å². The van der Waals surface area contributed by atoms with Crippen molar-refractivity contribution in [1.82, 2.24) is 19.8 Å². The fourth-order valence-corrected chi connectivity index (χ4v) is 5.53. The minimum absolute atomic E-state index is 0.204. The van der Waals surface area contributed by atoms with Crippen LogP contribution in [0.1, 0.15) is 89.0 Å². The van der Waals surface area contributed by atoms with Crippen LogP contribution >= 0.6 is 0 Å². The number of methoxy groups -OCH3 is 1. The molecule has 1 amide bonds. The summed E-state index contributed by atoms with van der Waals surface area (Å²) < 4.78 is 6.36. The molecule has 1 saturated carbocycles. The number of hydrogen-bond donors (Lipinski definition) is 1. The fraction of sp³-hybridized carbons (Fsp3) is 0.643. The largest absolute Gasteiger partial charge is 0.467 e. The van der Waals surface area contributed by atoms with E-state index >= 15 is 0 Å². The van der Waals surface area contributed by atoms with Gasteiger partial charge in [-0.25, -0.2) is 9.78 Å². The summed E-state index contributed by atoms with van der Waals surface area (Å²) in [6.07, 6.45) is 10.9. The topological polar surface area (TPSA) is 93.5 Å². The Morgan fingerprint density at radius 1 is 1.14 bits per heavy atom. The van der Waals surface area contributed by atoms with Crippen molar-refractivity contribution in [2.75, 3.05) is 13.7 Å². The summed E-state index contributed by atoms with van der Waals surface area (Å²) in [7, 11) is 1.26. The number of nitrogens with zero attached hydrogens (tertiary/aromatic N) is 3.